The number of nitrogens with one attached hydrogen (secondary N) is 1. The summed E-state index contributed by atoms with van der Waals surface area (Å²) in [5.41, 5.74) is 0.621. The molecule has 0 saturated carbocycles. The van der Waals surface area contributed by atoms with Crippen LogP contribution >= 0.6 is 0 Å². The molecule has 1 fully saturated rings. The van der Waals surface area contributed by atoms with Crippen LogP contribution in [-0.2, 0) is 40.4 Å². The van der Waals surface area contributed by atoms with Gasteiger partial charge in [-0.05, 0) is 38.0 Å². The van der Waals surface area contributed by atoms with Crippen molar-refractivity contribution in [2.45, 2.75) is 50.5 Å². The number of esters is 1. The minimum absolute atomic E-state index is 0.00355. The van der Waals surface area contributed by atoms with E-state index in [0.717, 1.165) is 12.8 Å². The van der Waals surface area contributed by atoms with Crippen molar-refractivity contribution in [2.75, 3.05) is 77.8 Å². The van der Waals surface area contributed by atoms with Gasteiger partial charge in [0.05, 0.1) is 42.4 Å². The van der Waals surface area contributed by atoms with Crippen LogP contribution in [0.1, 0.15) is 38.8 Å². The zero-order valence-electron chi connectivity index (χ0n) is 29.3. The highest BCUT2D eigenvalue weighted by atomic mass is 32.2. The van der Waals surface area contributed by atoms with Gasteiger partial charge in [0.2, 0.25) is 10.0 Å². The third-order valence-corrected chi connectivity index (χ3v) is 9.67. The lowest BCUT2D eigenvalue weighted by atomic mass is 10.1. The van der Waals surface area contributed by atoms with Gasteiger partial charge in [-0.2, -0.15) is 9.41 Å². The van der Waals surface area contributed by atoms with Gasteiger partial charge >= 0.3 is 5.97 Å². The number of nitrogens with zero attached hydrogens (tertiary/aromatic N) is 7. The number of hydrazone groups is 1. The van der Waals surface area contributed by atoms with Crippen LogP contribution in [0.15, 0.2) is 33.0 Å². The number of ether oxygens (including phenoxy) is 3. The summed E-state index contributed by atoms with van der Waals surface area (Å²) in [6.45, 7) is 7.73. The maximum atomic E-state index is 13.8. The summed E-state index contributed by atoms with van der Waals surface area (Å²) >= 11 is 0. The van der Waals surface area contributed by atoms with E-state index < -0.39 is 51.0 Å². The average Bonchev–Trinajstić information content (AvgIpc) is 3.11. The van der Waals surface area contributed by atoms with E-state index in [-0.39, 0.29) is 49.1 Å². The Kier molecular flexibility index (Phi) is 16.1. The molecular formula is C30H44N8O13S. The molecule has 3 rings (SSSR count). The Labute approximate surface area is 299 Å². The van der Waals surface area contributed by atoms with E-state index in [0.29, 0.717) is 49.7 Å². The van der Waals surface area contributed by atoms with E-state index in [1.54, 1.807) is 20.0 Å². The molecule has 1 unspecified atom stereocenters. The van der Waals surface area contributed by atoms with Crippen molar-refractivity contribution in [1.29, 1.82) is 0 Å². The van der Waals surface area contributed by atoms with Crippen molar-refractivity contribution in [3.05, 3.63) is 54.5 Å². The molecule has 0 radical (unpaired) electrons. The first kappa shape index (κ1) is 41.5. The fourth-order valence-corrected chi connectivity index (χ4v) is 6.60. The second-order valence-electron chi connectivity index (χ2n) is 11.3. The number of aromatic nitrogens is 2. The van der Waals surface area contributed by atoms with Crippen LogP contribution in [0.3, 0.4) is 0 Å². The molecule has 2 aromatic rings. The van der Waals surface area contributed by atoms with Crippen molar-refractivity contribution in [3.63, 3.8) is 0 Å². The SMILES string of the molecule is C=NN(C)c1c(CCCC)nc(-c2cc(S(=O)(=O)N3CCN(CCOC(=O)CCOCC(CO[N+](=O)[O-])O[N+](=O)[O-])CC3)ccc2OCC)[nH]c1=O. The molecule has 1 aliphatic rings. The number of hydrogen-bond donors (Lipinski definition) is 1. The molecule has 22 heteroatoms. The predicted octanol–water partition coefficient (Wildman–Crippen LogP) is 1.27. The summed E-state index contributed by atoms with van der Waals surface area (Å²) in [6, 6.07) is 4.44. The summed E-state index contributed by atoms with van der Waals surface area (Å²) in [6.07, 6.45) is 0.583. The molecule has 1 aliphatic heterocycles. The fourth-order valence-electron chi connectivity index (χ4n) is 5.15. The molecule has 21 nitrogen and oxygen atoms in total. The Morgan fingerprint density at radius 1 is 1.13 bits per heavy atom. The van der Waals surface area contributed by atoms with Gasteiger partial charge in [0.1, 0.15) is 30.5 Å². The third kappa shape index (κ3) is 12.1. The number of piperazine rings is 1. The number of aryl methyl sites for hydroxylation is 1. The number of carbonyl (C=O) groups excluding carboxylic acids is 1. The van der Waals surface area contributed by atoms with E-state index in [2.05, 4.69) is 26.5 Å². The molecule has 0 bridgehead atoms. The summed E-state index contributed by atoms with van der Waals surface area (Å²) < 4.78 is 45.0. The van der Waals surface area contributed by atoms with Crippen LogP contribution in [0.5, 0.6) is 5.75 Å². The van der Waals surface area contributed by atoms with Crippen molar-refractivity contribution in [1.82, 2.24) is 19.2 Å². The number of sulfonamides is 1. The molecule has 0 amide bonds. The quantitative estimate of drug-likeness (QED) is 0.0551. The first-order chi connectivity index (χ1) is 24.8. The maximum absolute atomic E-state index is 13.8. The number of H-pyrrole nitrogens is 1. The smallest absolute Gasteiger partial charge is 0.308 e. The maximum Gasteiger partial charge on any atom is 0.308 e. The number of anilines is 1. The molecule has 52 heavy (non-hydrogen) atoms. The fraction of sp³-hybridized carbons (Fsp3) is 0.600. The largest absolute Gasteiger partial charge is 0.493 e. The van der Waals surface area contributed by atoms with Gasteiger partial charge in [-0.3, -0.25) is 19.5 Å². The molecule has 1 saturated heterocycles. The zero-order valence-corrected chi connectivity index (χ0v) is 30.1. The van der Waals surface area contributed by atoms with Gasteiger partial charge in [0.15, 0.2) is 6.10 Å². The first-order valence-electron chi connectivity index (χ1n) is 16.5. The minimum Gasteiger partial charge on any atom is -0.493 e. The Bertz CT molecular complexity index is 1700. The van der Waals surface area contributed by atoms with Crippen LogP contribution in [0, 0.1) is 20.2 Å². The number of carbonyl (C=O) groups is 1. The standard InChI is InChI=1S/C30H44N8O13S/c1-5-7-8-25-28(34(4)31-3)30(40)33-29(32-25)24-19-23(9-10-26(24)48-6-2)52(45,46)36-14-12-35(13-15-36)16-18-49-27(39)11-17-47-20-22(51-38(43)44)21-50-37(41)42/h9-10,19,22H,3,5-8,11-18,20-21H2,1-2,4H3,(H,32,33,40). The monoisotopic (exact) mass is 756 g/mol. The van der Waals surface area contributed by atoms with Crippen molar-refractivity contribution in [2.24, 2.45) is 5.10 Å². The lowest BCUT2D eigenvalue weighted by Crippen LogP contribution is -2.49. The topological polar surface area (TPSA) is 251 Å². The average molecular weight is 757 g/mol. The van der Waals surface area contributed by atoms with Gasteiger partial charge in [-0.15, -0.1) is 20.2 Å². The van der Waals surface area contributed by atoms with Crippen molar-refractivity contribution >= 4 is 28.4 Å². The minimum atomic E-state index is -3.96. The number of benzene rings is 1. The summed E-state index contributed by atoms with van der Waals surface area (Å²) in [5.74, 6) is -0.0810. The highest BCUT2D eigenvalue weighted by Gasteiger charge is 2.30. The van der Waals surface area contributed by atoms with Gasteiger partial charge in [-0.1, -0.05) is 13.3 Å². The molecule has 1 aromatic carbocycles. The van der Waals surface area contributed by atoms with Crippen LogP contribution in [0.2, 0.25) is 0 Å². The van der Waals surface area contributed by atoms with E-state index in [1.807, 2.05) is 11.8 Å². The summed E-state index contributed by atoms with van der Waals surface area (Å²) in [5, 5.41) is 23.8. The predicted molar refractivity (Wildman–Crippen MR) is 184 cm³/mol. The first-order valence-corrected chi connectivity index (χ1v) is 17.9. The van der Waals surface area contributed by atoms with Gasteiger partial charge in [0.25, 0.3) is 15.7 Å². The Morgan fingerprint density at radius 2 is 1.87 bits per heavy atom. The van der Waals surface area contributed by atoms with Crippen LogP contribution < -0.4 is 15.3 Å². The van der Waals surface area contributed by atoms with Gasteiger partial charge in [-0.25, -0.2) is 13.4 Å². The lowest BCUT2D eigenvalue weighted by molar-refractivity contribution is -0.790. The second kappa shape index (κ2) is 20.2. The lowest BCUT2D eigenvalue weighted by Gasteiger charge is -2.33. The molecule has 0 aliphatic carbocycles. The van der Waals surface area contributed by atoms with E-state index in [1.165, 1.54) is 21.4 Å². The molecule has 0 spiro atoms. The van der Waals surface area contributed by atoms with Gasteiger partial charge in [0, 0.05) is 46.5 Å². The van der Waals surface area contributed by atoms with Crippen molar-refractivity contribution < 1.29 is 47.3 Å². The molecule has 1 N–H and O–H groups in total. The summed E-state index contributed by atoms with van der Waals surface area (Å²) in [4.78, 5) is 63.9. The van der Waals surface area contributed by atoms with E-state index in [9.17, 15) is 38.2 Å². The van der Waals surface area contributed by atoms with Crippen LogP contribution in [0.4, 0.5) is 5.69 Å². The summed E-state index contributed by atoms with van der Waals surface area (Å²) in [7, 11) is -2.37. The number of aromatic amines is 1. The molecular weight excluding hydrogens is 712 g/mol. The van der Waals surface area contributed by atoms with Crippen LogP contribution in [-0.4, -0.2) is 129 Å². The Morgan fingerprint density at radius 3 is 2.50 bits per heavy atom. The molecule has 2 heterocycles. The third-order valence-electron chi connectivity index (χ3n) is 7.77. The van der Waals surface area contributed by atoms with Gasteiger partial charge < -0.3 is 28.9 Å². The van der Waals surface area contributed by atoms with E-state index in [4.69, 9.17) is 19.2 Å². The number of rotatable bonds is 23. The Balaban J connectivity index is 1.59. The highest BCUT2D eigenvalue weighted by molar-refractivity contribution is 7.89. The number of hydrogen-bond acceptors (Lipinski definition) is 17. The molecule has 1 atom stereocenters. The normalized spacial score (nSPS) is 14.3. The highest BCUT2D eigenvalue weighted by Crippen LogP contribution is 2.32. The number of unbranched alkanes of at least 4 members (excludes halogenated alkanes) is 1. The van der Waals surface area contributed by atoms with Crippen LogP contribution in [0.25, 0.3) is 11.4 Å². The van der Waals surface area contributed by atoms with Crippen molar-refractivity contribution in [3.8, 4) is 17.1 Å². The second-order valence-corrected chi connectivity index (χ2v) is 13.3. The Hall–Kier alpha value is -4.93. The zero-order chi connectivity index (χ0) is 38.3. The van der Waals surface area contributed by atoms with E-state index >= 15 is 0 Å². The molecule has 1 aromatic heterocycles. The molecule has 288 valence electrons.